The topological polar surface area (TPSA) is 75.3 Å². The standard InChI is InChI=1S/C25H19F2N3O3/c1-15(17-7-9-18(26)10-8-17)30-23(31)25(33-24(30)32,14-16-5-3-2-4-6-16)22-28-20-12-11-19(27)13-21(20)29-22/h2-13,15H,14H2,1H3,(H,28,29)/t15-,25-/m1/s1. The average molecular weight is 447 g/mol. The molecule has 2 atom stereocenters. The molecule has 0 aliphatic carbocycles. The second-order valence-electron chi connectivity index (χ2n) is 8.01. The fourth-order valence-electron chi connectivity index (χ4n) is 4.15. The number of hydrogen-bond donors (Lipinski definition) is 1. The molecular weight excluding hydrogens is 428 g/mol. The quantitative estimate of drug-likeness (QED) is 0.466. The SMILES string of the molecule is C[C@H](c1ccc(F)cc1)N1C(=O)O[C@](Cc2ccccc2)(c2nc3ccc(F)cc3[nH]2)C1=O. The van der Waals surface area contributed by atoms with Crippen molar-refractivity contribution in [3.8, 4) is 0 Å². The third kappa shape index (κ3) is 3.53. The molecule has 0 unspecified atom stereocenters. The van der Waals surface area contributed by atoms with Crippen LogP contribution in [0.15, 0.2) is 72.8 Å². The molecule has 166 valence electrons. The van der Waals surface area contributed by atoms with E-state index in [1.54, 1.807) is 6.92 Å². The molecule has 1 aromatic heterocycles. The summed E-state index contributed by atoms with van der Waals surface area (Å²) in [6.07, 6.45) is -0.799. The molecule has 6 nitrogen and oxygen atoms in total. The number of H-pyrrole nitrogens is 1. The van der Waals surface area contributed by atoms with Crippen LogP contribution >= 0.6 is 0 Å². The molecule has 5 rings (SSSR count). The molecular formula is C25H19F2N3O3. The van der Waals surface area contributed by atoms with E-state index in [1.165, 1.54) is 42.5 Å². The number of imide groups is 1. The van der Waals surface area contributed by atoms with Crippen LogP contribution in [0.5, 0.6) is 0 Å². The number of fused-ring (bicyclic) bond motifs is 1. The van der Waals surface area contributed by atoms with Crippen LogP contribution in [-0.4, -0.2) is 26.9 Å². The smallest absolute Gasteiger partial charge is 0.418 e. The number of ether oxygens (including phenoxy) is 1. The Hall–Kier alpha value is -4.07. The van der Waals surface area contributed by atoms with E-state index >= 15 is 0 Å². The number of carbonyl (C=O) groups excluding carboxylic acids is 2. The van der Waals surface area contributed by atoms with Gasteiger partial charge in [0.1, 0.15) is 11.6 Å². The molecule has 8 heteroatoms. The third-order valence-corrected chi connectivity index (χ3v) is 5.88. The fraction of sp³-hybridized carbons (Fsp3) is 0.160. The van der Waals surface area contributed by atoms with E-state index in [4.69, 9.17) is 4.74 Å². The minimum absolute atomic E-state index is 0.0351. The van der Waals surface area contributed by atoms with Gasteiger partial charge in [-0.3, -0.25) is 4.79 Å². The monoisotopic (exact) mass is 447 g/mol. The van der Waals surface area contributed by atoms with E-state index in [2.05, 4.69) is 9.97 Å². The minimum Gasteiger partial charge on any atom is -0.424 e. The molecule has 33 heavy (non-hydrogen) atoms. The maximum Gasteiger partial charge on any atom is 0.418 e. The van der Waals surface area contributed by atoms with E-state index in [-0.39, 0.29) is 12.2 Å². The van der Waals surface area contributed by atoms with E-state index in [1.807, 2.05) is 30.3 Å². The van der Waals surface area contributed by atoms with Crippen molar-refractivity contribution in [3.63, 3.8) is 0 Å². The first-order chi connectivity index (χ1) is 15.9. The number of rotatable bonds is 5. The predicted molar refractivity (Wildman–Crippen MR) is 116 cm³/mol. The predicted octanol–water partition coefficient (Wildman–Crippen LogP) is 5.02. The van der Waals surface area contributed by atoms with E-state index in [0.717, 1.165) is 10.5 Å². The van der Waals surface area contributed by atoms with Crippen molar-refractivity contribution in [1.29, 1.82) is 0 Å². The van der Waals surface area contributed by atoms with Gasteiger partial charge in [0.15, 0.2) is 5.82 Å². The molecule has 0 saturated carbocycles. The molecule has 1 aliphatic heterocycles. The zero-order valence-corrected chi connectivity index (χ0v) is 17.6. The summed E-state index contributed by atoms with van der Waals surface area (Å²) in [6, 6.07) is 18.0. The second-order valence-corrected chi connectivity index (χ2v) is 8.01. The van der Waals surface area contributed by atoms with Gasteiger partial charge in [-0.25, -0.2) is 23.5 Å². The van der Waals surface area contributed by atoms with Crippen LogP contribution in [0.2, 0.25) is 0 Å². The van der Waals surface area contributed by atoms with Gasteiger partial charge in [0, 0.05) is 6.42 Å². The molecule has 2 amide bonds. The Morgan fingerprint density at radius 1 is 1.00 bits per heavy atom. The van der Waals surface area contributed by atoms with Crippen molar-refractivity contribution >= 4 is 23.0 Å². The summed E-state index contributed by atoms with van der Waals surface area (Å²) < 4.78 is 32.9. The van der Waals surface area contributed by atoms with Gasteiger partial charge in [0.25, 0.3) is 11.5 Å². The highest BCUT2D eigenvalue weighted by Crippen LogP contribution is 2.40. The van der Waals surface area contributed by atoms with Crippen LogP contribution in [0.1, 0.15) is 29.9 Å². The first-order valence-corrected chi connectivity index (χ1v) is 10.4. The number of cyclic esters (lactones) is 1. The lowest BCUT2D eigenvalue weighted by Gasteiger charge is -2.25. The highest BCUT2D eigenvalue weighted by Gasteiger charge is 2.58. The number of amides is 2. The number of aromatic nitrogens is 2. The molecule has 0 spiro atoms. The lowest BCUT2D eigenvalue weighted by molar-refractivity contribution is -0.139. The number of hydrogen-bond acceptors (Lipinski definition) is 4. The molecule has 1 N–H and O–H groups in total. The van der Waals surface area contributed by atoms with Crippen molar-refractivity contribution in [3.05, 3.63) is 101 Å². The lowest BCUT2D eigenvalue weighted by atomic mass is 9.92. The Bertz CT molecular complexity index is 1350. The number of nitrogens with zero attached hydrogens (tertiary/aromatic N) is 2. The van der Waals surface area contributed by atoms with Crippen LogP contribution in [0, 0.1) is 11.6 Å². The summed E-state index contributed by atoms with van der Waals surface area (Å²) in [6.45, 7) is 1.67. The van der Waals surface area contributed by atoms with Crippen molar-refractivity contribution in [1.82, 2.24) is 14.9 Å². The van der Waals surface area contributed by atoms with E-state index in [9.17, 15) is 18.4 Å². The zero-order valence-electron chi connectivity index (χ0n) is 17.6. The molecule has 0 bridgehead atoms. The third-order valence-electron chi connectivity index (χ3n) is 5.88. The zero-order chi connectivity index (χ0) is 23.2. The van der Waals surface area contributed by atoms with Crippen LogP contribution in [-0.2, 0) is 21.6 Å². The van der Waals surface area contributed by atoms with Crippen LogP contribution in [0.3, 0.4) is 0 Å². The van der Waals surface area contributed by atoms with Gasteiger partial charge < -0.3 is 9.72 Å². The van der Waals surface area contributed by atoms with Gasteiger partial charge in [-0.15, -0.1) is 0 Å². The van der Waals surface area contributed by atoms with E-state index in [0.29, 0.717) is 16.6 Å². The second kappa shape index (κ2) is 7.81. The fourth-order valence-corrected chi connectivity index (χ4v) is 4.15. The van der Waals surface area contributed by atoms with Crippen molar-refractivity contribution in [2.24, 2.45) is 0 Å². The molecule has 2 heterocycles. The maximum atomic E-state index is 13.8. The van der Waals surface area contributed by atoms with Crippen molar-refractivity contribution in [2.45, 2.75) is 25.0 Å². The normalized spacial score (nSPS) is 19.2. The van der Waals surface area contributed by atoms with Gasteiger partial charge in [0.05, 0.1) is 17.1 Å². The van der Waals surface area contributed by atoms with Gasteiger partial charge in [-0.05, 0) is 48.4 Å². The van der Waals surface area contributed by atoms with Gasteiger partial charge in [0.2, 0.25) is 0 Å². The first-order valence-electron chi connectivity index (χ1n) is 10.4. The van der Waals surface area contributed by atoms with Crippen molar-refractivity contribution < 1.29 is 23.1 Å². The Balaban J connectivity index is 1.61. The summed E-state index contributed by atoms with van der Waals surface area (Å²) in [5.74, 6) is -1.38. The first kappa shape index (κ1) is 20.8. The Morgan fingerprint density at radius 2 is 1.70 bits per heavy atom. The summed E-state index contributed by atoms with van der Waals surface area (Å²) in [5.41, 5.74) is 0.381. The number of aromatic amines is 1. The van der Waals surface area contributed by atoms with Crippen LogP contribution in [0.25, 0.3) is 11.0 Å². The summed E-state index contributed by atoms with van der Waals surface area (Å²) in [5, 5.41) is 0. The number of carbonyl (C=O) groups is 2. The largest absolute Gasteiger partial charge is 0.424 e. The Morgan fingerprint density at radius 3 is 2.42 bits per heavy atom. The Kier molecular flexibility index (Phi) is 4.92. The van der Waals surface area contributed by atoms with Gasteiger partial charge in [-0.2, -0.15) is 0 Å². The van der Waals surface area contributed by atoms with E-state index < -0.39 is 35.3 Å². The summed E-state index contributed by atoms with van der Waals surface area (Å²) in [7, 11) is 0. The molecule has 4 aromatic rings. The maximum absolute atomic E-state index is 13.8. The highest BCUT2D eigenvalue weighted by atomic mass is 19.1. The number of halogens is 2. The number of nitrogens with one attached hydrogen (secondary N) is 1. The average Bonchev–Trinajstić information content (AvgIpc) is 3.33. The minimum atomic E-state index is -1.76. The molecule has 1 fully saturated rings. The molecule has 3 aromatic carbocycles. The number of benzene rings is 3. The molecule has 1 aliphatic rings. The Labute approximate surface area is 187 Å². The molecule has 0 radical (unpaired) electrons. The van der Waals surface area contributed by atoms with Crippen LogP contribution in [0.4, 0.5) is 13.6 Å². The van der Waals surface area contributed by atoms with Gasteiger partial charge in [-0.1, -0.05) is 42.5 Å². The van der Waals surface area contributed by atoms with Gasteiger partial charge >= 0.3 is 6.09 Å². The van der Waals surface area contributed by atoms with Crippen molar-refractivity contribution in [2.75, 3.05) is 0 Å². The van der Waals surface area contributed by atoms with Crippen LogP contribution < -0.4 is 0 Å². The lowest BCUT2D eigenvalue weighted by Crippen LogP contribution is -2.42. The highest BCUT2D eigenvalue weighted by molar-refractivity contribution is 6.04. The summed E-state index contributed by atoms with van der Waals surface area (Å²) >= 11 is 0. The molecule has 1 saturated heterocycles. The summed E-state index contributed by atoms with van der Waals surface area (Å²) in [4.78, 5) is 35.3. The number of imidazole rings is 1.